The first-order valence-corrected chi connectivity index (χ1v) is 11.8. The number of halogens is 6. The Morgan fingerprint density at radius 2 is 1.68 bits per heavy atom. The van der Waals surface area contributed by atoms with Crippen LogP contribution in [0.2, 0.25) is 0 Å². The number of alkyl halides is 6. The van der Waals surface area contributed by atoms with Gasteiger partial charge in [0.25, 0.3) is 0 Å². The summed E-state index contributed by atoms with van der Waals surface area (Å²) in [5.41, 5.74) is 2.06. The molecule has 0 bridgehead atoms. The fourth-order valence-electron chi connectivity index (χ4n) is 4.11. The number of furan rings is 1. The molecule has 1 amide bonds. The summed E-state index contributed by atoms with van der Waals surface area (Å²) >= 11 is 0. The summed E-state index contributed by atoms with van der Waals surface area (Å²) in [6, 6.07) is 7.75. The molecule has 10 nitrogen and oxygen atoms in total. The molecule has 2 aliphatic heterocycles. The molecule has 2 saturated heterocycles. The number of nitrogens with one attached hydrogen (secondary N) is 1. The number of carboxylic acid groups (broad SMARTS) is 2. The molecule has 3 atom stereocenters. The number of carbonyl (C=O) groups is 3. The predicted molar refractivity (Wildman–Crippen MR) is 123 cm³/mol. The molecule has 3 N–H and O–H groups in total. The number of likely N-dealkylation sites (tertiary alicyclic amines) is 1. The zero-order valence-corrected chi connectivity index (χ0v) is 20.8. The maximum Gasteiger partial charge on any atom is 0.490 e. The number of rotatable bonds is 5. The van der Waals surface area contributed by atoms with E-state index in [1.54, 1.807) is 18.7 Å². The van der Waals surface area contributed by atoms with Crippen molar-refractivity contribution in [3.63, 3.8) is 0 Å². The minimum Gasteiger partial charge on any atom is -0.475 e. The molecule has 4 rings (SSSR count). The molecule has 2 aromatic rings. The topological polar surface area (TPSA) is 142 Å². The van der Waals surface area contributed by atoms with Crippen LogP contribution in [0, 0.1) is 11.8 Å². The number of aromatic nitrogens is 1. The first kappa shape index (κ1) is 32.6. The van der Waals surface area contributed by atoms with Gasteiger partial charge in [-0.15, -0.1) is 0 Å². The number of piperidine rings is 1. The Morgan fingerprint density at radius 3 is 2.20 bits per heavy atom. The molecule has 222 valence electrons. The number of carbonyl (C=O) groups excluding carboxylic acids is 1. The molecule has 0 aliphatic carbocycles. The molecule has 2 aromatic heterocycles. The second kappa shape index (κ2) is 14.6. The number of fused-ring (bicyclic) bond motifs is 1. The van der Waals surface area contributed by atoms with Gasteiger partial charge in [-0.3, -0.25) is 14.7 Å². The van der Waals surface area contributed by atoms with Crippen molar-refractivity contribution in [2.75, 3.05) is 19.7 Å². The summed E-state index contributed by atoms with van der Waals surface area (Å²) in [4.78, 5) is 37.3. The van der Waals surface area contributed by atoms with Gasteiger partial charge in [0.05, 0.1) is 30.9 Å². The van der Waals surface area contributed by atoms with Gasteiger partial charge in [-0.25, -0.2) is 9.59 Å². The summed E-state index contributed by atoms with van der Waals surface area (Å²) in [7, 11) is 0. The van der Waals surface area contributed by atoms with Crippen molar-refractivity contribution < 1.29 is 60.1 Å². The van der Waals surface area contributed by atoms with Crippen LogP contribution in [0.4, 0.5) is 26.3 Å². The highest BCUT2D eigenvalue weighted by molar-refractivity contribution is 5.79. The Hall–Kier alpha value is -3.66. The second-order valence-electron chi connectivity index (χ2n) is 8.77. The molecule has 0 unspecified atom stereocenters. The number of nitrogens with zero attached hydrogens (tertiary/aromatic N) is 2. The van der Waals surface area contributed by atoms with Crippen LogP contribution >= 0.6 is 0 Å². The lowest BCUT2D eigenvalue weighted by Gasteiger charge is -2.44. The quantitative estimate of drug-likeness (QED) is 0.451. The van der Waals surface area contributed by atoms with Crippen molar-refractivity contribution in [3.8, 4) is 0 Å². The van der Waals surface area contributed by atoms with Crippen LogP contribution < -0.4 is 5.32 Å². The van der Waals surface area contributed by atoms with E-state index in [1.807, 2.05) is 24.3 Å². The van der Waals surface area contributed by atoms with Gasteiger partial charge in [-0.05, 0) is 31.0 Å². The predicted octanol–water partition coefficient (Wildman–Crippen LogP) is 3.48. The lowest BCUT2D eigenvalue weighted by atomic mass is 9.79. The smallest absolute Gasteiger partial charge is 0.475 e. The fraction of sp³-hybridized carbons (Fsp3) is 0.500. The van der Waals surface area contributed by atoms with Crippen molar-refractivity contribution in [3.05, 3.63) is 54.2 Å². The number of amides is 1. The summed E-state index contributed by atoms with van der Waals surface area (Å²) < 4.78 is 74.6. The van der Waals surface area contributed by atoms with Gasteiger partial charge in [0.15, 0.2) is 0 Å². The van der Waals surface area contributed by atoms with Gasteiger partial charge in [-0.1, -0.05) is 6.07 Å². The molecule has 2 fully saturated rings. The number of aliphatic carboxylic acids is 2. The second-order valence-corrected chi connectivity index (χ2v) is 8.77. The van der Waals surface area contributed by atoms with Crippen molar-refractivity contribution >= 4 is 17.8 Å². The van der Waals surface area contributed by atoms with Crippen molar-refractivity contribution in [2.45, 2.75) is 44.4 Å². The average Bonchev–Trinajstić information content (AvgIpc) is 3.40. The Morgan fingerprint density at radius 1 is 1.02 bits per heavy atom. The lowest BCUT2D eigenvalue weighted by Crippen LogP contribution is -2.53. The lowest BCUT2D eigenvalue weighted by molar-refractivity contribution is -0.193. The van der Waals surface area contributed by atoms with Crippen LogP contribution in [0.5, 0.6) is 0 Å². The van der Waals surface area contributed by atoms with Crippen molar-refractivity contribution in [1.29, 1.82) is 0 Å². The van der Waals surface area contributed by atoms with Gasteiger partial charge in [0, 0.05) is 49.8 Å². The van der Waals surface area contributed by atoms with Crippen LogP contribution in [0.3, 0.4) is 0 Å². The molecule has 0 spiro atoms. The highest BCUT2D eigenvalue weighted by atomic mass is 19.4. The Kier molecular flexibility index (Phi) is 11.9. The molecule has 2 aliphatic rings. The molecule has 4 heterocycles. The van der Waals surface area contributed by atoms with E-state index in [0.29, 0.717) is 13.2 Å². The van der Waals surface area contributed by atoms with Crippen LogP contribution in [-0.2, 0) is 32.2 Å². The van der Waals surface area contributed by atoms with E-state index in [2.05, 4.69) is 15.2 Å². The minimum atomic E-state index is -5.08. The number of hydrogen-bond acceptors (Lipinski definition) is 7. The maximum absolute atomic E-state index is 12.8. The molecular weight excluding hydrogens is 556 g/mol. The third-order valence-corrected chi connectivity index (χ3v) is 5.93. The average molecular weight is 583 g/mol. The Labute approximate surface area is 223 Å². The first-order valence-electron chi connectivity index (χ1n) is 11.8. The van der Waals surface area contributed by atoms with E-state index in [4.69, 9.17) is 29.0 Å². The molecule has 0 saturated carbocycles. The van der Waals surface area contributed by atoms with Gasteiger partial charge >= 0.3 is 24.3 Å². The van der Waals surface area contributed by atoms with Gasteiger partial charge in [-0.2, -0.15) is 26.3 Å². The standard InChI is InChI=1S/C20H25N3O3.2C2HF3O2/c24-20(22-11-16-3-1-2-7-21-16)17-6-10-26-19-4-8-23(13-18(17)19)12-15-5-9-25-14-15;2*3-2(4,5)1(6)7/h1-3,5,7,9,14,17-19H,4,6,8,10-13H2,(H,22,24);2*(H,6,7)/t17-,18+,19-;;/m1../s1. The van der Waals surface area contributed by atoms with Crippen LogP contribution in [-0.4, -0.2) is 76.1 Å². The summed E-state index contributed by atoms with van der Waals surface area (Å²) in [5, 5.41) is 17.3. The largest absolute Gasteiger partial charge is 0.490 e. The Bertz CT molecular complexity index is 1060. The SMILES string of the molecule is O=C(NCc1ccccn1)[C@@H]1CCO[C@@H]2CCN(Cc3ccoc3)C[C@H]21.O=C(O)C(F)(F)F.O=C(O)C(F)(F)F. The van der Waals surface area contributed by atoms with Gasteiger partial charge < -0.3 is 24.7 Å². The summed E-state index contributed by atoms with van der Waals surface area (Å²) in [6.45, 7) is 3.89. The Balaban J connectivity index is 0.000000333. The molecule has 40 heavy (non-hydrogen) atoms. The first-order chi connectivity index (χ1) is 18.7. The molecule has 0 aromatic carbocycles. The fourth-order valence-corrected chi connectivity index (χ4v) is 4.11. The van der Waals surface area contributed by atoms with Crippen molar-refractivity contribution in [1.82, 2.24) is 15.2 Å². The van der Waals surface area contributed by atoms with E-state index in [9.17, 15) is 31.1 Å². The summed E-state index contributed by atoms with van der Waals surface area (Å²) in [6.07, 6.45) is -2.96. The van der Waals surface area contributed by atoms with Gasteiger partial charge in [0.1, 0.15) is 0 Å². The highest BCUT2D eigenvalue weighted by Gasteiger charge is 2.42. The molecule has 16 heteroatoms. The highest BCUT2D eigenvalue weighted by Crippen LogP contribution is 2.34. The zero-order chi connectivity index (χ0) is 29.9. The van der Waals surface area contributed by atoms with E-state index in [-0.39, 0.29) is 23.8 Å². The normalized spacial score (nSPS) is 21.0. The number of pyridine rings is 1. The van der Waals surface area contributed by atoms with E-state index in [0.717, 1.165) is 38.2 Å². The van der Waals surface area contributed by atoms with Crippen molar-refractivity contribution in [2.24, 2.45) is 11.8 Å². The zero-order valence-electron chi connectivity index (χ0n) is 20.8. The molecular formula is C24H27F6N3O7. The number of ether oxygens (including phenoxy) is 1. The van der Waals surface area contributed by atoms with E-state index in [1.165, 1.54) is 5.56 Å². The third-order valence-electron chi connectivity index (χ3n) is 5.93. The maximum atomic E-state index is 12.8. The minimum absolute atomic E-state index is 0.00427. The molecule has 0 radical (unpaired) electrons. The van der Waals surface area contributed by atoms with Crippen LogP contribution in [0.15, 0.2) is 47.4 Å². The summed E-state index contributed by atoms with van der Waals surface area (Å²) in [5.74, 6) is -5.14. The third kappa shape index (κ3) is 10.8. The van der Waals surface area contributed by atoms with Crippen LogP contribution in [0.25, 0.3) is 0 Å². The van der Waals surface area contributed by atoms with E-state index >= 15 is 0 Å². The monoisotopic (exact) mass is 583 g/mol. The van der Waals surface area contributed by atoms with E-state index < -0.39 is 24.3 Å². The van der Waals surface area contributed by atoms with Gasteiger partial charge in [0.2, 0.25) is 5.91 Å². The van der Waals surface area contributed by atoms with Crippen LogP contribution in [0.1, 0.15) is 24.1 Å². The number of carboxylic acids is 2. The number of hydrogen-bond donors (Lipinski definition) is 3.